The molecule has 0 spiro atoms. The third-order valence-corrected chi connectivity index (χ3v) is 4.40. The van der Waals surface area contributed by atoms with E-state index in [-0.39, 0.29) is 0 Å². The van der Waals surface area contributed by atoms with Gasteiger partial charge in [-0.1, -0.05) is 0 Å². The molecular formula is C14H29NaO8S. The predicted molar refractivity (Wildman–Crippen MR) is 92.1 cm³/mol. The first kappa shape index (κ1) is 28.6. The van der Waals surface area contributed by atoms with Crippen LogP contribution < -0.4 is 0 Å². The summed E-state index contributed by atoms with van der Waals surface area (Å²) in [6, 6.07) is 0. The molecule has 0 aromatic rings. The Hall–Kier alpha value is -0.190. The molecule has 0 saturated carbocycles. The number of aliphatic carboxylic acids is 2. The minimum absolute atomic E-state index is 0.844. The molecule has 1 unspecified atom stereocenters. The maximum atomic E-state index is 10.2. The molecule has 1 atom stereocenters. The molecule has 0 saturated heterocycles. The van der Waals surface area contributed by atoms with Crippen LogP contribution in [0.2, 0.25) is 3.67 Å². The third kappa shape index (κ3) is 24.1. The second kappa shape index (κ2) is 19.1. The first-order chi connectivity index (χ1) is 11.1. The van der Waals surface area contributed by atoms with Gasteiger partial charge in [0.1, 0.15) is 0 Å². The fourth-order valence-corrected chi connectivity index (χ4v) is 2.47. The molecule has 0 fully saturated rings. The number of carboxylic acids is 2. The zero-order valence-corrected chi connectivity index (χ0v) is 17.8. The van der Waals surface area contributed by atoms with E-state index in [0.29, 0.717) is 0 Å². The Morgan fingerprint density at radius 1 is 1.04 bits per heavy atom. The van der Waals surface area contributed by atoms with Gasteiger partial charge in [0.2, 0.25) is 0 Å². The van der Waals surface area contributed by atoms with Crippen LogP contribution in [0.5, 0.6) is 0 Å². The van der Waals surface area contributed by atoms with E-state index in [0.717, 1.165) is 13.2 Å². The van der Waals surface area contributed by atoms with Crippen molar-refractivity contribution in [3.05, 3.63) is 0 Å². The summed E-state index contributed by atoms with van der Waals surface area (Å²) in [6.07, 6.45) is 4.62. The SMILES string of the molecule is CCCCC[CH2][Na].CCOCC.O=C(O)CC(C(=O)O)S(=O)(=O)O. The van der Waals surface area contributed by atoms with Crippen LogP contribution in [0.3, 0.4) is 0 Å². The Kier molecular flexibility index (Phi) is 22.8. The topological polar surface area (TPSA) is 138 Å². The normalized spacial score (nSPS) is 11.4. The minimum Gasteiger partial charge on any atom is -0.481 e. The maximum absolute atomic E-state index is 10.2. The van der Waals surface area contributed by atoms with Crippen molar-refractivity contribution >= 4 is 50.0 Å². The van der Waals surface area contributed by atoms with E-state index < -0.39 is 33.7 Å². The van der Waals surface area contributed by atoms with E-state index >= 15 is 0 Å². The van der Waals surface area contributed by atoms with Crippen molar-refractivity contribution in [3.8, 4) is 0 Å². The first-order valence-corrected chi connectivity index (χ1v) is 11.0. The summed E-state index contributed by atoms with van der Waals surface area (Å²) in [5.41, 5.74) is 0. The maximum Gasteiger partial charge on any atom is 0.325 e. The monoisotopic (exact) mass is 380 g/mol. The number of carbonyl (C=O) groups is 2. The summed E-state index contributed by atoms with van der Waals surface area (Å²) < 4.78 is 35.0. The Morgan fingerprint density at radius 2 is 1.54 bits per heavy atom. The molecule has 0 amide bonds. The van der Waals surface area contributed by atoms with Crippen LogP contribution in [0.15, 0.2) is 0 Å². The summed E-state index contributed by atoms with van der Waals surface area (Å²) >= 11 is 1.41. The van der Waals surface area contributed by atoms with Crippen molar-refractivity contribution in [2.75, 3.05) is 13.2 Å². The largest absolute Gasteiger partial charge is 0.481 e. The summed E-state index contributed by atoms with van der Waals surface area (Å²) in [6.45, 7) is 7.92. The van der Waals surface area contributed by atoms with Crippen LogP contribution in [0.4, 0.5) is 0 Å². The second-order valence-corrected chi connectivity index (χ2v) is 7.38. The van der Waals surface area contributed by atoms with Gasteiger partial charge in [0, 0.05) is 13.2 Å². The summed E-state index contributed by atoms with van der Waals surface area (Å²) in [4.78, 5) is 20.0. The van der Waals surface area contributed by atoms with Gasteiger partial charge in [0.15, 0.2) is 5.25 Å². The number of hydrogen-bond donors (Lipinski definition) is 3. The van der Waals surface area contributed by atoms with Crippen molar-refractivity contribution in [1.82, 2.24) is 0 Å². The number of unbranched alkanes of at least 4 members (excludes halogenated alkanes) is 3. The van der Waals surface area contributed by atoms with Crippen LogP contribution in [-0.2, 0) is 24.4 Å². The van der Waals surface area contributed by atoms with Crippen LogP contribution in [0, 0.1) is 0 Å². The molecule has 0 rings (SSSR count). The van der Waals surface area contributed by atoms with Gasteiger partial charge in [-0.2, -0.15) is 8.42 Å². The fraction of sp³-hybridized carbons (Fsp3) is 0.857. The Bertz CT molecular complexity index is 405. The minimum atomic E-state index is -4.84. The van der Waals surface area contributed by atoms with Gasteiger partial charge >= 0.3 is 76.1 Å². The van der Waals surface area contributed by atoms with E-state index in [4.69, 9.17) is 19.5 Å². The van der Waals surface area contributed by atoms with Gasteiger partial charge in [-0.3, -0.25) is 14.1 Å². The molecule has 10 heteroatoms. The number of hydrogen-bond acceptors (Lipinski definition) is 5. The van der Waals surface area contributed by atoms with E-state index in [1.165, 1.54) is 57.3 Å². The third-order valence-electron chi connectivity index (χ3n) is 2.61. The molecule has 24 heavy (non-hydrogen) atoms. The van der Waals surface area contributed by atoms with Crippen molar-refractivity contribution in [2.24, 2.45) is 0 Å². The summed E-state index contributed by atoms with van der Waals surface area (Å²) in [7, 11) is -4.84. The molecular weight excluding hydrogens is 351 g/mol. The summed E-state index contributed by atoms with van der Waals surface area (Å²) in [5.74, 6) is -3.50. The van der Waals surface area contributed by atoms with Crippen LogP contribution >= 0.6 is 0 Å². The zero-order chi connectivity index (χ0) is 19.6. The van der Waals surface area contributed by atoms with Crippen LogP contribution in [-0.4, -0.2) is 81.5 Å². The standard InChI is InChI=1S/C6H13.C4H6O7S.C4H10O.Na/c1-3-5-6-4-2;5-3(6)1-2(4(7)8)12(9,10)11;1-3-5-4-2;/h1,3-6H2,2H3;2H,1H2,(H,5,6)(H,7,8)(H,9,10,11);3-4H2,1-2H3;. The van der Waals surface area contributed by atoms with Gasteiger partial charge in [-0.15, -0.1) is 0 Å². The van der Waals surface area contributed by atoms with Crippen molar-refractivity contribution < 1.29 is 37.5 Å². The Morgan fingerprint density at radius 3 is 1.71 bits per heavy atom. The van der Waals surface area contributed by atoms with Gasteiger partial charge in [-0.25, -0.2) is 0 Å². The fourth-order valence-electron chi connectivity index (χ4n) is 1.36. The molecule has 3 N–H and O–H groups in total. The van der Waals surface area contributed by atoms with Crippen LogP contribution in [0.1, 0.15) is 52.9 Å². The van der Waals surface area contributed by atoms with Gasteiger partial charge in [0.25, 0.3) is 10.1 Å². The first-order valence-electron chi connectivity index (χ1n) is 8.06. The van der Waals surface area contributed by atoms with E-state index in [9.17, 15) is 18.0 Å². The number of rotatable bonds is 10. The van der Waals surface area contributed by atoms with Gasteiger partial charge in [-0.05, 0) is 13.8 Å². The average Bonchev–Trinajstić information content (AvgIpc) is 2.46. The molecule has 0 aliphatic carbocycles. The van der Waals surface area contributed by atoms with E-state index in [1.807, 2.05) is 13.8 Å². The van der Waals surface area contributed by atoms with Crippen molar-refractivity contribution in [2.45, 2.75) is 61.8 Å². The predicted octanol–water partition coefficient (Wildman–Crippen LogP) is 2.00. The van der Waals surface area contributed by atoms with Crippen molar-refractivity contribution in [3.63, 3.8) is 0 Å². The molecule has 0 aromatic carbocycles. The molecule has 0 aliphatic rings. The van der Waals surface area contributed by atoms with Gasteiger partial charge in [0.05, 0.1) is 6.42 Å². The zero-order valence-electron chi connectivity index (χ0n) is 15.0. The Balaban J connectivity index is -0.000000311. The quantitative estimate of drug-likeness (QED) is 0.297. The molecule has 0 heterocycles. The molecule has 0 bridgehead atoms. The molecule has 0 aliphatic heterocycles. The molecule has 8 nitrogen and oxygen atoms in total. The Labute approximate surface area is 162 Å². The van der Waals surface area contributed by atoms with E-state index in [2.05, 4.69) is 6.92 Å². The molecule has 0 aromatic heterocycles. The van der Waals surface area contributed by atoms with Gasteiger partial charge < -0.3 is 14.9 Å². The number of ether oxygens (including phenoxy) is 1. The number of carboxylic acid groups (broad SMARTS) is 2. The van der Waals surface area contributed by atoms with E-state index in [1.54, 1.807) is 0 Å². The molecule has 0 radical (unpaired) electrons. The second-order valence-electron chi connectivity index (χ2n) is 4.78. The summed E-state index contributed by atoms with van der Waals surface area (Å²) in [5, 5.41) is 13.9. The smallest absolute Gasteiger partial charge is 0.325 e. The van der Waals surface area contributed by atoms with Crippen LogP contribution in [0.25, 0.3) is 0 Å². The molecule has 140 valence electrons. The average molecular weight is 380 g/mol. The van der Waals surface area contributed by atoms with Crippen molar-refractivity contribution in [1.29, 1.82) is 0 Å².